The monoisotopic (exact) mass is 475 g/mol. The van der Waals surface area contributed by atoms with Gasteiger partial charge in [-0.15, -0.1) is 0 Å². The highest BCUT2D eigenvalue weighted by Gasteiger charge is 2.36. The van der Waals surface area contributed by atoms with E-state index < -0.39 is 36.1 Å². The molecule has 0 unspecified atom stereocenters. The number of amides is 3. The summed E-state index contributed by atoms with van der Waals surface area (Å²) in [5.74, 6) is -2.63. The molecule has 3 amide bonds. The summed E-state index contributed by atoms with van der Waals surface area (Å²) in [5, 5.41) is 8.87. The van der Waals surface area contributed by atoms with E-state index in [9.17, 15) is 23.6 Å². The van der Waals surface area contributed by atoms with E-state index in [0.717, 1.165) is 4.90 Å². The van der Waals surface area contributed by atoms with Gasteiger partial charge in [0, 0.05) is 12.2 Å². The molecule has 0 bridgehead atoms. The van der Waals surface area contributed by atoms with Crippen molar-refractivity contribution in [2.75, 3.05) is 18.1 Å². The number of esters is 1. The summed E-state index contributed by atoms with van der Waals surface area (Å²) < 4.78 is 23.5. The zero-order valence-corrected chi connectivity index (χ0v) is 18.3. The third-order valence-electron chi connectivity index (χ3n) is 5.31. The van der Waals surface area contributed by atoms with Crippen molar-refractivity contribution < 1.29 is 32.7 Å². The lowest BCUT2D eigenvalue weighted by atomic mass is 10.1. The van der Waals surface area contributed by atoms with Crippen LogP contribution < -0.4 is 4.90 Å². The molecule has 2 aromatic carbocycles. The van der Waals surface area contributed by atoms with Crippen molar-refractivity contribution in [1.82, 2.24) is 4.90 Å². The molecule has 2 heterocycles. The highest BCUT2D eigenvalue weighted by atomic mass is 19.1. The number of benzene rings is 2. The minimum Gasteiger partial charge on any atom is -0.467 e. The van der Waals surface area contributed by atoms with Gasteiger partial charge in [-0.25, -0.2) is 9.18 Å². The molecule has 9 nitrogen and oxygen atoms in total. The molecular formula is C25H18FN3O6. The fourth-order valence-electron chi connectivity index (χ4n) is 3.59. The molecule has 176 valence electrons. The Balaban J connectivity index is 1.44. The van der Waals surface area contributed by atoms with E-state index in [1.54, 1.807) is 12.1 Å². The molecule has 0 aliphatic carbocycles. The lowest BCUT2D eigenvalue weighted by Gasteiger charge is -2.21. The zero-order chi connectivity index (χ0) is 24.9. The van der Waals surface area contributed by atoms with Crippen LogP contribution in [0.5, 0.6) is 0 Å². The van der Waals surface area contributed by atoms with Gasteiger partial charge in [0.25, 0.3) is 17.7 Å². The molecule has 0 saturated carbocycles. The van der Waals surface area contributed by atoms with Crippen molar-refractivity contribution in [3.8, 4) is 6.07 Å². The van der Waals surface area contributed by atoms with Gasteiger partial charge in [-0.2, -0.15) is 5.26 Å². The number of hydrogen-bond donors (Lipinski definition) is 0. The first-order valence-electron chi connectivity index (χ1n) is 10.5. The lowest BCUT2D eigenvalue weighted by Crippen LogP contribution is -2.35. The topological polar surface area (TPSA) is 121 Å². The molecule has 0 radical (unpaired) electrons. The second-order valence-electron chi connectivity index (χ2n) is 7.54. The first-order chi connectivity index (χ1) is 16.9. The van der Waals surface area contributed by atoms with Crippen LogP contribution in [0.3, 0.4) is 0 Å². The van der Waals surface area contributed by atoms with E-state index >= 15 is 0 Å². The molecule has 4 rings (SSSR count). The number of anilines is 1. The van der Waals surface area contributed by atoms with Gasteiger partial charge in [-0.3, -0.25) is 19.3 Å². The molecule has 1 aromatic heterocycles. The summed E-state index contributed by atoms with van der Waals surface area (Å²) in [7, 11) is 0. The minimum absolute atomic E-state index is 0.0112. The zero-order valence-electron chi connectivity index (χ0n) is 18.3. The molecule has 0 atom stereocenters. The number of fused-ring (bicyclic) bond motifs is 1. The van der Waals surface area contributed by atoms with Crippen LogP contribution in [-0.2, 0) is 16.1 Å². The summed E-state index contributed by atoms with van der Waals surface area (Å²) in [6.07, 6.45) is 1.45. The van der Waals surface area contributed by atoms with Crippen LogP contribution in [0, 0.1) is 17.1 Å². The smallest absolute Gasteiger partial charge is 0.338 e. The van der Waals surface area contributed by atoms with Crippen LogP contribution in [0.15, 0.2) is 65.3 Å². The molecule has 10 heteroatoms. The number of ether oxygens (including phenoxy) is 1. The van der Waals surface area contributed by atoms with E-state index in [4.69, 9.17) is 14.4 Å². The van der Waals surface area contributed by atoms with Crippen LogP contribution in [0.4, 0.5) is 10.1 Å². The third kappa shape index (κ3) is 4.94. The summed E-state index contributed by atoms with van der Waals surface area (Å²) in [4.78, 5) is 52.8. The summed E-state index contributed by atoms with van der Waals surface area (Å²) in [6.45, 7) is -0.661. The van der Waals surface area contributed by atoms with Crippen LogP contribution >= 0.6 is 0 Å². The summed E-state index contributed by atoms with van der Waals surface area (Å²) in [5.41, 5.74) is 0.529. The molecule has 1 aliphatic rings. The van der Waals surface area contributed by atoms with Crippen LogP contribution in [0.1, 0.15) is 43.3 Å². The van der Waals surface area contributed by atoms with Crippen LogP contribution in [0.25, 0.3) is 0 Å². The van der Waals surface area contributed by atoms with Gasteiger partial charge in [-0.05, 0) is 54.6 Å². The standard InChI is InChI=1S/C25H18FN3O6/c26-17-5-7-18(8-6-17)28(11-2-10-27)22(30)15-35-25(33)16-4-9-20-21(13-16)24(32)29(23(20)31)14-19-3-1-12-34-19/h1,3-9,12-13H,2,11,14-15H2. The number of carbonyl (C=O) groups excluding carboxylic acids is 4. The number of rotatable bonds is 8. The minimum atomic E-state index is -0.870. The van der Waals surface area contributed by atoms with Gasteiger partial charge in [0.15, 0.2) is 6.61 Å². The van der Waals surface area contributed by atoms with Crippen molar-refractivity contribution in [3.05, 3.63) is 89.1 Å². The van der Waals surface area contributed by atoms with Crippen LogP contribution in [-0.4, -0.2) is 41.7 Å². The van der Waals surface area contributed by atoms with Crippen molar-refractivity contribution >= 4 is 29.4 Å². The maximum absolute atomic E-state index is 13.2. The summed E-state index contributed by atoms with van der Waals surface area (Å²) >= 11 is 0. The number of imide groups is 1. The Kier molecular flexibility index (Phi) is 6.69. The quantitative estimate of drug-likeness (QED) is 0.362. The van der Waals surface area contributed by atoms with Crippen molar-refractivity contribution in [1.29, 1.82) is 5.26 Å². The van der Waals surface area contributed by atoms with Gasteiger partial charge < -0.3 is 14.1 Å². The second-order valence-corrected chi connectivity index (χ2v) is 7.54. The lowest BCUT2D eigenvalue weighted by molar-refractivity contribution is -0.121. The first-order valence-corrected chi connectivity index (χ1v) is 10.5. The van der Waals surface area contributed by atoms with Crippen molar-refractivity contribution in [2.45, 2.75) is 13.0 Å². The van der Waals surface area contributed by atoms with Gasteiger partial charge in [0.05, 0.1) is 42.0 Å². The number of nitrogens with zero attached hydrogens (tertiary/aromatic N) is 3. The number of halogens is 1. The van der Waals surface area contributed by atoms with Crippen LogP contribution in [0.2, 0.25) is 0 Å². The average Bonchev–Trinajstić information content (AvgIpc) is 3.46. The van der Waals surface area contributed by atoms with E-state index in [1.807, 2.05) is 6.07 Å². The van der Waals surface area contributed by atoms with Gasteiger partial charge in [0.2, 0.25) is 0 Å². The molecule has 0 N–H and O–H groups in total. The number of nitriles is 1. The Bertz CT molecular complexity index is 1330. The van der Waals surface area contributed by atoms with Crippen molar-refractivity contribution in [3.63, 3.8) is 0 Å². The predicted octanol–water partition coefficient (Wildman–Crippen LogP) is 3.32. The Morgan fingerprint density at radius 3 is 2.49 bits per heavy atom. The number of hydrogen-bond acceptors (Lipinski definition) is 7. The molecule has 35 heavy (non-hydrogen) atoms. The number of furan rings is 1. The molecule has 0 fully saturated rings. The maximum Gasteiger partial charge on any atom is 0.338 e. The second kappa shape index (κ2) is 10.0. The highest BCUT2D eigenvalue weighted by molar-refractivity contribution is 6.21. The Hall–Kier alpha value is -4.78. The molecule has 3 aromatic rings. The maximum atomic E-state index is 13.2. The predicted molar refractivity (Wildman–Crippen MR) is 119 cm³/mol. The first kappa shape index (κ1) is 23.4. The summed E-state index contributed by atoms with van der Waals surface area (Å²) in [6, 6.07) is 14.2. The fourth-order valence-corrected chi connectivity index (χ4v) is 3.59. The normalized spacial score (nSPS) is 12.3. The molecule has 0 saturated heterocycles. The molecular weight excluding hydrogens is 457 g/mol. The SMILES string of the molecule is N#CCCN(C(=O)COC(=O)c1ccc2c(c1)C(=O)N(Cc1ccco1)C2=O)c1ccc(F)cc1. The Labute approximate surface area is 198 Å². The average molecular weight is 475 g/mol. The largest absolute Gasteiger partial charge is 0.467 e. The van der Waals surface area contributed by atoms with Gasteiger partial charge in [-0.1, -0.05) is 0 Å². The fraction of sp³-hybridized carbons (Fsp3) is 0.160. The Morgan fingerprint density at radius 1 is 1.06 bits per heavy atom. The number of carbonyl (C=O) groups is 4. The van der Waals surface area contributed by atoms with Gasteiger partial charge >= 0.3 is 5.97 Å². The molecule has 0 spiro atoms. The Morgan fingerprint density at radius 2 is 1.80 bits per heavy atom. The molecule has 1 aliphatic heterocycles. The van der Waals surface area contributed by atoms with E-state index in [-0.39, 0.29) is 36.2 Å². The van der Waals surface area contributed by atoms with E-state index in [1.165, 1.54) is 53.6 Å². The van der Waals surface area contributed by atoms with Gasteiger partial charge in [0.1, 0.15) is 11.6 Å². The third-order valence-corrected chi connectivity index (χ3v) is 5.31. The van der Waals surface area contributed by atoms with E-state index in [2.05, 4.69) is 0 Å². The van der Waals surface area contributed by atoms with E-state index in [0.29, 0.717) is 11.4 Å². The van der Waals surface area contributed by atoms with Crippen molar-refractivity contribution in [2.24, 2.45) is 0 Å². The highest BCUT2D eigenvalue weighted by Crippen LogP contribution is 2.26.